The predicted molar refractivity (Wildman–Crippen MR) is 138 cm³/mol. The maximum Gasteiger partial charge on any atom is 0.239 e. The first-order valence-corrected chi connectivity index (χ1v) is 13.3. The standard InChI is InChI=1S/C28H37N3O7/c1-4-19-23(33)22(29-3)25-26(24(19)34)37-27-28(35,38-25)20(12-15(2)36-27)31-21(32)13-18-11-10-17(14-30-18)16-8-6-5-7-9-16/h5-11,14-15,19-20,22-27,29,33-35H,4,12-13H2,1-3H3,(H,31,32)/t15-,19-,20-,22+,23+,24+,25?,26?,27?,28+/m1/s1. The van der Waals surface area contributed by atoms with Crippen LogP contribution in [0.5, 0.6) is 0 Å². The molecular formula is C28H37N3O7. The Morgan fingerprint density at radius 1 is 1.08 bits per heavy atom. The molecule has 2 saturated heterocycles. The van der Waals surface area contributed by atoms with E-state index in [4.69, 9.17) is 14.2 Å². The van der Waals surface area contributed by atoms with Gasteiger partial charge in [0.05, 0.1) is 36.8 Å². The molecule has 10 heteroatoms. The third-order valence-electron chi connectivity index (χ3n) is 8.04. The predicted octanol–water partition coefficient (Wildman–Crippen LogP) is 0.733. The summed E-state index contributed by atoms with van der Waals surface area (Å²) in [6.07, 6.45) is -2.59. The molecule has 0 radical (unpaired) electrons. The summed E-state index contributed by atoms with van der Waals surface area (Å²) in [5.74, 6) is -2.77. The molecule has 3 fully saturated rings. The van der Waals surface area contributed by atoms with Crippen molar-refractivity contribution >= 4 is 5.91 Å². The Bertz CT molecular complexity index is 1100. The molecule has 10 nitrogen and oxygen atoms in total. The molecule has 10 atom stereocenters. The van der Waals surface area contributed by atoms with Crippen molar-refractivity contribution in [2.45, 2.75) is 87.8 Å². The number of carbonyl (C=O) groups is 1. The number of aliphatic hydroxyl groups excluding tert-OH is 2. The molecule has 3 heterocycles. The van der Waals surface area contributed by atoms with Crippen LogP contribution in [0.3, 0.4) is 0 Å². The van der Waals surface area contributed by atoms with Crippen LogP contribution in [0.2, 0.25) is 0 Å². The molecule has 1 saturated carbocycles. The molecule has 2 aliphatic heterocycles. The fourth-order valence-electron chi connectivity index (χ4n) is 5.98. The average molecular weight is 528 g/mol. The van der Waals surface area contributed by atoms with Gasteiger partial charge in [-0.15, -0.1) is 0 Å². The summed E-state index contributed by atoms with van der Waals surface area (Å²) >= 11 is 0. The van der Waals surface area contributed by atoms with Gasteiger partial charge in [0.1, 0.15) is 12.2 Å². The lowest BCUT2D eigenvalue weighted by Crippen LogP contribution is -2.77. The molecule has 3 aliphatic rings. The van der Waals surface area contributed by atoms with E-state index in [2.05, 4.69) is 15.6 Å². The lowest BCUT2D eigenvalue weighted by Gasteiger charge is -2.58. The highest BCUT2D eigenvalue weighted by Crippen LogP contribution is 2.43. The largest absolute Gasteiger partial charge is 0.391 e. The van der Waals surface area contributed by atoms with Gasteiger partial charge in [0, 0.05) is 23.4 Å². The Labute approximate surface area is 222 Å². The number of hydrogen-bond acceptors (Lipinski definition) is 9. The van der Waals surface area contributed by atoms with E-state index in [0.29, 0.717) is 12.1 Å². The van der Waals surface area contributed by atoms with Crippen molar-refractivity contribution in [1.82, 2.24) is 15.6 Å². The first-order chi connectivity index (χ1) is 18.2. The number of rotatable bonds is 6. The van der Waals surface area contributed by atoms with E-state index in [-0.39, 0.29) is 24.9 Å². The van der Waals surface area contributed by atoms with Crippen LogP contribution in [-0.2, 0) is 25.4 Å². The summed E-state index contributed by atoms with van der Waals surface area (Å²) < 4.78 is 18.2. The van der Waals surface area contributed by atoms with E-state index in [0.717, 1.165) is 11.1 Å². The zero-order valence-electron chi connectivity index (χ0n) is 21.9. The fourth-order valence-corrected chi connectivity index (χ4v) is 5.98. The van der Waals surface area contributed by atoms with E-state index in [9.17, 15) is 20.1 Å². The normalized spacial score (nSPS) is 38.6. The maximum absolute atomic E-state index is 13.1. The van der Waals surface area contributed by atoms with Crippen molar-refractivity contribution in [2.75, 3.05) is 7.05 Å². The van der Waals surface area contributed by atoms with Gasteiger partial charge in [-0.2, -0.15) is 0 Å². The third kappa shape index (κ3) is 4.98. The Kier molecular flexibility index (Phi) is 7.84. The molecule has 1 aromatic carbocycles. The number of amides is 1. The monoisotopic (exact) mass is 527 g/mol. The van der Waals surface area contributed by atoms with Crippen LogP contribution in [-0.4, -0.2) is 87.9 Å². The average Bonchev–Trinajstić information content (AvgIpc) is 2.90. The number of carbonyl (C=O) groups excluding carboxylic acids is 1. The molecule has 3 unspecified atom stereocenters. The second-order valence-corrected chi connectivity index (χ2v) is 10.5. The minimum absolute atomic E-state index is 0.0171. The number of nitrogens with zero attached hydrogens (tertiary/aromatic N) is 1. The lowest BCUT2D eigenvalue weighted by atomic mass is 9.74. The highest BCUT2D eigenvalue weighted by Gasteiger charge is 2.63. The number of aliphatic hydroxyl groups is 3. The van der Waals surface area contributed by atoms with E-state index in [1.54, 1.807) is 13.2 Å². The van der Waals surface area contributed by atoms with Crippen molar-refractivity contribution in [1.29, 1.82) is 0 Å². The van der Waals surface area contributed by atoms with Crippen LogP contribution in [0.25, 0.3) is 11.1 Å². The molecule has 1 aliphatic carbocycles. The van der Waals surface area contributed by atoms with Crippen LogP contribution in [0, 0.1) is 5.92 Å². The van der Waals surface area contributed by atoms with Crippen molar-refractivity contribution < 1.29 is 34.3 Å². The number of pyridine rings is 1. The molecule has 38 heavy (non-hydrogen) atoms. The molecule has 0 bridgehead atoms. The minimum atomic E-state index is -2.01. The van der Waals surface area contributed by atoms with E-state index >= 15 is 0 Å². The van der Waals surface area contributed by atoms with Gasteiger partial charge in [-0.05, 0) is 38.4 Å². The first-order valence-electron chi connectivity index (χ1n) is 13.3. The minimum Gasteiger partial charge on any atom is -0.391 e. The SMILES string of the molecule is CC[C@@H]1[C@H](O)[C@H](NC)C2O[C@]3(O)C(OC2[C@H]1O)O[C@H](C)C[C@H]3NC(=O)Cc1ccc(-c2ccccc2)cn1. The number of aromatic nitrogens is 1. The molecule has 1 amide bonds. The van der Waals surface area contributed by atoms with Crippen LogP contribution >= 0.6 is 0 Å². The maximum atomic E-state index is 13.1. The second-order valence-electron chi connectivity index (χ2n) is 10.5. The van der Waals surface area contributed by atoms with Crippen LogP contribution < -0.4 is 10.6 Å². The van der Waals surface area contributed by atoms with Crippen molar-refractivity contribution in [2.24, 2.45) is 5.92 Å². The summed E-state index contributed by atoms with van der Waals surface area (Å²) in [5.41, 5.74) is 2.58. The smallest absolute Gasteiger partial charge is 0.239 e. The number of nitrogens with one attached hydrogen (secondary N) is 2. The Hall–Kier alpha value is -2.44. The highest BCUT2D eigenvalue weighted by atomic mass is 16.8. The fraction of sp³-hybridized carbons (Fsp3) is 0.571. The molecule has 1 aromatic heterocycles. The number of benzene rings is 1. The zero-order valence-corrected chi connectivity index (χ0v) is 21.9. The Morgan fingerprint density at radius 3 is 2.50 bits per heavy atom. The van der Waals surface area contributed by atoms with Gasteiger partial charge >= 0.3 is 0 Å². The number of likely N-dealkylation sites (N-methyl/N-ethyl adjacent to an activating group) is 1. The molecular weight excluding hydrogens is 490 g/mol. The van der Waals surface area contributed by atoms with Gasteiger partial charge in [0.15, 0.2) is 0 Å². The molecule has 2 aromatic rings. The van der Waals surface area contributed by atoms with Gasteiger partial charge < -0.3 is 40.2 Å². The topological polar surface area (TPSA) is 142 Å². The molecule has 206 valence electrons. The van der Waals surface area contributed by atoms with Crippen LogP contribution in [0.4, 0.5) is 0 Å². The Balaban J connectivity index is 1.31. The quantitative estimate of drug-likeness (QED) is 0.368. The summed E-state index contributed by atoms with van der Waals surface area (Å²) in [6.45, 7) is 3.71. The Morgan fingerprint density at radius 2 is 1.84 bits per heavy atom. The van der Waals surface area contributed by atoms with E-state index in [1.807, 2.05) is 56.3 Å². The summed E-state index contributed by atoms with van der Waals surface area (Å²) in [4.78, 5) is 17.5. The van der Waals surface area contributed by atoms with Crippen LogP contribution in [0.1, 0.15) is 32.4 Å². The highest BCUT2D eigenvalue weighted by molar-refractivity contribution is 5.78. The number of fused-ring (bicyclic) bond motifs is 2. The van der Waals surface area contributed by atoms with Crippen LogP contribution in [0.15, 0.2) is 48.7 Å². The van der Waals surface area contributed by atoms with Gasteiger partial charge in [0.2, 0.25) is 18.0 Å². The van der Waals surface area contributed by atoms with Gasteiger partial charge in [-0.25, -0.2) is 0 Å². The second kappa shape index (κ2) is 11.0. The zero-order chi connectivity index (χ0) is 27.0. The van der Waals surface area contributed by atoms with Gasteiger partial charge in [-0.1, -0.05) is 43.3 Å². The first kappa shape index (κ1) is 27.1. The number of ether oxygens (including phenoxy) is 3. The van der Waals surface area contributed by atoms with Gasteiger partial charge in [0.25, 0.3) is 0 Å². The summed E-state index contributed by atoms with van der Waals surface area (Å²) in [7, 11) is 1.68. The number of hydrogen-bond donors (Lipinski definition) is 5. The summed E-state index contributed by atoms with van der Waals surface area (Å²) in [6, 6.07) is 12.1. The van der Waals surface area contributed by atoms with E-state index in [1.165, 1.54) is 0 Å². The summed E-state index contributed by atoms with van der Waals surface area (Å²) in [5, 5.41) is 39.5. The lowest BCUT2D eigenvalue weighted by molar-refractivity contribution is -0.450. The van der Waals surface area contributed by atoms with E-state index < -0.39 is 54.5 Å². The van der Waals surface area contributed by atoms with Crippen molar-refractivity contribution in [3.63, 3.8) is 0 Å². The molecule has 5 rings (SSSR count). The third-order valence-corrected chi connectivity index (χ3v) is 8.04. The molecule has 0 spiro atoms. The van der Waals surface area contributed by atoms with Crippen molar-refractivity contribution in [3.05, 3.63) is 54.4 Å². The van der Waals surface area contributed by atoms with Gasteiger partial charge in [-0.3, -0.25) is 9.78 Å². The molecule has 5 N–H and O–H groups in total. The van der Waals surface area contributed by atoms with Crippen molar-refractivity contribution in [3.8, 4) is 11.1 Å².